The van der Waals surface area contributed by atoms with Gasteiger partial charge in [0, 0.05) is 25.8 Å². The molecule has 1 amide bonds. The van der Waals surface area contributed by atoms with Crippen LogP contribution < -0.4 is 5.32 Å². The van der Waals surface area contributed by atoms with Crippen LogP contribution in [0.25, 0.3) is 0 Å². The minimum absolute atomic E-state index is 0.0359. The number of rotatable bonds is 7. The Morgan fingerprint density at radius 2 is 1.92 bits per heavy atom. The summed E-state index contributed by atoms with van der Waals surface area (Å²) in [5.41, 5.74) is 0.687. The number of amides is 1. The molecule has 0 radical (unpaired) electrons. The van der Waals surface area contributed by atoms with E-state index < -0.39 is 27.9 Å². The number of ether oxygens (including phenoxy) is 1. The van der Waals surface area contributed by atoms with Crippen molar-refractivity contribution in [2.75, 3.05) is 26.8 Å². The summed E-state index contributed by atoms with van der Waals surface area (Å²) in [5.74, 6) is -1.88. The normalized spacial score (nSPS) is 16.8. The average Bonchev–Trinajstić information content (AvgIpc) is 2.62. The topological polar surface area (TPSA) is 113 Å². The number of hydrogen-bond acceptors (Lipinski definition) is 5. The number of carboxylic acids is 1. The van der Waals surface area contributed by atoms with Gasteiger partial charge < -0.3 is 15.2 Å². The van der Waals surface area contributed by atoms with Crippen molar-refractivity contribution < 1.29 is 27.9 Å². The van der Waals surface area contributed by atoms with E-state index in [1.165, 1.54) is 23.5 Å². The molecule has 0 spiro atoms. The van der Waals surface area contributed by atoms with Crippen LogP contribution in [-0.4, -0.2) is 62.6 Å². The number of sulfonamides is 1. The van der Waals surface area contributed by atoms with Gasteiger partial charge in [0.05, 0.1) is 11.5 Å². The van der Waals surface area contributed by atoms with Crippen LogP contribution >= 0.6 is 0 Å². The Morgan fingerprint density at radius 3 is 2.50 bits per heavy atom. The van der Waals surface area contributed by atoms with Crippen LogP contribution in [0.4, 0.5) is 0 Å². The number of aliphatic carboxylic acids is 1. The molecule has 9 heteroatoms. The number of hydrogen-bond donors (Lipinski definition) is 2. The molecule has 144 valence electrons. The highest BCUT2D eigenvalue weighted by molar-refractivity contribution is 7.89. The molecule has 1 aromatic rings. The summed E-state index contributed by atoms with van der Waals surface area (Å²) >= 11 is 0. The molecule has 0 saturated carbocycles. The fraction of sp³-hybridized carbons (Fsp3) is 0.529. The van der Waals surface area contributed by atoms with Crippen LogP contribution in [-0.2, 0) is 19.6 Å². The van der Waals surface area contributed by atoms with Crippen LogP contribution in [0.3, 0.4) is 0 Å². The monoisotopic (exact) mass is 384 g/mol. The summed E-state index contributed by atoms with van der Waals surface area (Å²) < 4.78 is 31.8. The Labute approximate surface area is 153 Å². The van der Waals surface area contributed by atoms with Gasteiger partial charge in [-0.05, 0) is 37.5 Å². The van der Waals surface area contributed by atoms with E-state index >= 15 is 0 Å². The standard InChI is InChI=1S/C17H24N2O6S/c1-12-6-7-13(26(23,24)19-8-4-3-5-9-19)10-14(12)16(20)18-15(11-25-2)17(21)22/h6-7,10,15H,3-5,8-9,11H2,1-2H3,(H,18,20)(H,21,22). The minimum Gasteiger partial charge on any atom is -0.480 e. The minimum atomic E-state index is -3.68. The van der Waals surface area contributed by atoms with Gasteiger partial charge in [0.15, 0.2) is 6.04 Å². The Balaban J connectivity index is 2.28. The van der Waals surface area contributed by atoms with Gasteiger partial charge in [0.2, 0.25) is 10.0 Å². The second-order valence-corrected chi connectivity index (χ2v) is 8.20. The largest absolute Gasteiger partial charge is 0.480 e. The van der Waals surface area contributed by atoms with Crippen LogP contribution in [0.5, 0.6) is 0 Å². The number of carboxylic acid groups (broad SMARTS) is 1. The average molecular weight is 384 g/mol. The SMILES string of the molecule is COCC(NC(=O)c1cc(S(=O)(=O)N2CCCCC2)ccc1C)C(=O)O. The summed E-state index contributed by atoms with van der Waals surface area (Å²) in [6.45, 7) is 2.41. The van der Waals surface area contributed by atoms with E-state index in [1.807, 2.05) is 0 Å². The van der Waals surface area contributed by atoms with Gasteiger partial charge in [-0.3, -0.25) is 4.79 Å². The Hall–Kier alpha value is -1.97. The van der Waals surface area contributed by atoms with Crippen molar-refractivity contribution >= 4 is 21.9 Å². The van der Waals surface area contributed by atoms with Crippen LogP contribution in [0.1, 0.15) is 35.2 Å². The highest BCUT2D eigenvalue weighted by Gasteiger charge is 2.28. The van der Waals surface area contributed by atoms with E-state index in [4.69, 9.17) is 9.84 Å². The Morgan fingerprint density at radius 1 is 1.27 bits per heavy atom. The molecule has 1 aliphatic heterocycles. The van der Waals surface area contributed by atoms with Gasteiger partial charge >= 0.3 is 5.97 Å². The number of carbonyl (C=O) groups excluding carboxylic acids is 1. The molecular formula is C17H24N2O6S. The Bertz CT molecular complexity index is 771. The van der Waals surface area contributed by atoms with Crippen LogP contribution in [0.15, 0.2) is 23.1 Å². The molecule has 0 aliphatic carbocycles. The molecule has 1 aromatic carbocycles. The summed E-state index contributed by atoms with van der Waals surface area (Å²) in [6.07, 6.45) is 2.63. The van der Waals surface area contributed by atoms with Crippen molar-refractivity contribution in [3.05, 3.63) is 29.3 Å². The van der Waals surface area contributed by atoms with E-state index in [1.54, 1.807) is 13.0 Å². The fourth-order valence-corrected chi connectivity index (χ4v) is 4.38. The van der Waals surface area contributed by atoms with Crippen molar-refractivity contribution in [3.63, 3.8) is 0 Å². The zero-order chi connectivity index (χ0) is 19.3. The maximum absolute atomic E-state index is 12.8. The zero-order valence-corrected chi connectivity index (χ0v) is 15.7. The van der Waals surface area contributed by atoms with Crippen molar-refractivity contribution in [1.29, 1.82) is 0 Å². The highest BCUT2D eigenvalue weighted by Crippen LogP contribution is 2.23. The molecule has 1 aliphatic rings. The van der Waals surface area contributed by atoms with Gasteiger partial charge in [0.25, 0.3) is 5.91 Å². The van der Waals surface area contributed by atoms with Crippen molar-refractivity contribution in [2.45, 2.75) is 37.1 Å². The third-order valence-electron chi connectivity index (χ3n) is 4.34. The molecule has 26 heavy (non-hydrogen) atoms. The first kappa shape index (κ1) is 20.3. The molecule has 0 bridgehead atoms. The lowest BCUT2D eigenvalue weighted by Gasteiger charge is -2.26. The van der Waals surface area contributed by atoms with Crippen molar-refractivity contribution in [2.24, 2.45) is 0 Å². The zero-order valence-electron chi connectivity index (χ0n) is 14.9. The van der Waals surface area contributed by atoms with E-state index in [0.29, 0.717) is 18.7 Å². The predicted octanol–water partition coefficient (Wildman–Crippen LogP) is 0.999. The smallest absolute Gasteiger partial charge is 0.328 e. The first-order valence-corrected chi connectivity index (χ1v) is 9.84. The molecule has 1 fully saturated rings. The lowest BCUT2D eigenvalue weighted by Crippen LogP contribution is -2.44. The second kappa shape index (κ2) is 8.61. The third kappa shape index (κ3) is 4.60. The van der Waals surface area contributed by atoms with E-state index in [9.17, 15) is 18.0 Å². The molecule has 8 nitrogen and oxygen atoms in total. The van der Waals surface area contributed by atoms with Gasteiger partial charge in [0.1, 0.15) is 0 Å². The van der Waals surface area contributed by atoms with Gasteiger partial charge in [-0.1, -0.05) is 12.5 Å². The summed E-state index contributed by atoms with van der Waals surface area (Å²) in [6, 6.07) is 3.12. The molecule has 1 heterocycles. The van der Waals surface area contributed by atoms with Crippen molar-refractivity contribution in [1.82, 2.24) is 9.62 Å². The van der Waals surface area contributed by atoms with Crippen molar-refractivity contribution in [3.8, 4) is 0 Å². The number of benzene rings is 1. The van der Waals surface area contributed by atoms with Gasteiger partial charge in [-0.2, -0.15) is 4.31 Å². The molecule has 1 saturated heterocycles. The first-order chi connectivity index (χ1) is 12.3. The lowest BCUT2D eigenvalue weighted by atomic mass is 10.1. The molecular weight excluding hydrogens is 360 g/mol. The number of nitrogens with zero attached hydrogens (tertiary/aromatic N) is 1. The van der Waals surface area contributed by atoms with E-state index in [-0.39, 0.29) is 17.1 Å². The van der Waals surface area contributed by atoms with Crippen LogP contribution in [0, 0.1) is 6.92 Å². The predicted molar refractivity (Wildman–Crippen MR) is 94.6 cm³/mol. The van der Waals surface area contributed by atoms with E-state index in [0.717, 1.165) is 19.3 Å². The third-order valence-corrected chi connectivity index (χ3v) is 6.24. The highest BCUT2D eigenvalue weighted by atomic mass is 32.2. The lowest BCUT2D eigenvalue weighted by molar-refractivity contribution is -0.140. The number of nitrogens with one attached hydrogen (secondary N) is 1. The number of carbonyl (C=O) groups is 2. The van der Waals surface area contributed by atoms with Crippen LogP contribution in [0.2, 0.25) is 0 Å². The molecule has 2 rings (SSSR count). The second-order valence-electron chi connectivity index (χ2n) is 6.26. The first-order valence-electron chi connectivity index (χ1n) is 8.40. The number of piperidine rings is 1. The molecule has 1 atom stereocenters. The van der Waals surface area contributed by atoms with Gasteiger partial charge in [-0.25, -0.2) is 13.2 Å². The summed E-state index contributed by atoms with van der Waals surface area (Å²) in [5, 5.41) is 11.5. The van der Waals surface area contributed by atoms with Gasteiger partial charge in [-0.15, -0.1) is 0 Å². The molecule has 2 N–H and O–H groups in total. The Kier molecular flexibility index (Phi) is 6.74. The summed E-state index contributed by atoms with van der Waals surface area (Å²) in [7, 11) is -2.35. The number of aryl methyl sites for hydroxylation is 1. The molecule has 0 aromatic heterocycles. The maximum atomic E-state index is 12.8. The number of methoxy groups -OCH3 is 1. The summed E-state index contributed by atoms with van der Waals surface area (Å²) in [4.78, 5) is 23.7. The molecule has 1 unspecified atom stereocenters. The van der Waals surface area contributed by atoms with E-state index in [2.05, 4.69) is 5.32 Å². The quantitative estimate of drug-likeness (QED) is 0.725. The maximum Gasteiger partial charge on any atom is 0.328 e. The fourth-order valence-electron chi connectivity index (χ4n) is 2.84.